The van der Waals surface area contributed by atoms with Crippen LogP contribution in [0.5, 0.6) is 0 Å². The van der Waals surface area contributed by atoms with E-state index in [0.717, 1.165) is 24.8 Å². The van der Waals surface area contributed by atoms with Crippen LogP contribution in [-0.2, 0) is 20.9 Å². The number of rotatable bonds is 5. The first kappa shape index (κ1) is 22.7. The predicted octanol–water partition coefficient (Wildman–Crippen LogP) is 5.36. The zero-order valence-corrected chi connectivity index (χ0v) is 20.2. The Balaban J connectivity index is 1.34. The highest BCUT2D eigenvalue weighted by Gasteiger charge is 2.57. The molecule has 4 saturated carbocycles. The van der Waals surface area contributed by atoms with Gasteiger partial charge in [-0.25, -0.2) is 9.29 Å². The monoisotopic (exact) mass is 494 g/mol. The number of nitrogens with zero attached hydrogens (tertiary/aromatic N) is 2. The molecule has 7 rings (SSSR count). The lowest BCUT2D eigenvalue weighted by atomic mass is 9.49. The van der Waals surface area contributed by atoms with E-state index < -0.39 is 17.4 Å². The Morgan fingerprint density at radius 3 is 2.09 bits per heavy atom. The summed E-state index contributed by atoms with van der Waals surface area (Å²) < 4.78 is 13.6. The number of imide groups is 1. The second-order valence-corrected chi connectivity index (χ2v) is 11.5. The van der Waals surface area contributed by atoms with Crippen LogP contribution in [0.15, 0.2) is 48.5 Å². The second kappa shape index (κ2) is 8.44. The van der Waals surface area contributed by atoms with Crippen LogP contribution in [0.25, 0.3) is 0 Å². The third kappa shape index (κ3) is 3.96. The molecule has 5 fully saturated rings. The molecule has 4 bridgehead atoms. The van der Waals surface area contributed by atoms with Crippen molar-refractivity contribution in [2.75, 3.05) is 4.90 Å². The van der Waals surface area contributed by atoms with Gasteiger partial charge in [0.25, 0.3) is 5.91 Å². The van der Waals surface area contributed by atoms with Crippen LogP contribution in [0.1, 0.15) is 50.5 Å². The van der Waals surface area contributed by atoms with Crippen LogP contribution in [0, 0.1) is 29.0 Å². The fourth-order valence-electron chi connectivity index (χ4n) is 7.51. The fraction of sp³-hybridized carbons (Fsp3) is 0.464. The molecule has 3 amide bonds. The van der Waals surface area contributed by atoms with Crippen molar-refractivity contribution in [3.63, 3.8) is 0 Å². The molecule has 0 N–H and O–H groups in total. The summed E-state index contributed by atoms with van der Waals surface area (Å²) in [4.78, 5) is 43.8. The molecule has 1 saturated heterocycles. The van der Waals surface area contributed by atoms with Gasteiger partial charge in [0, 0.05) is 11.6 Å². The van der Waals surface area contributed by atoms with Crippen molar-refractivity contribution in [1.29, 1.82) is 0 Å². The van der Waals surface area contributed by atoms with Crippen molar-refractivity contribution >= 4 is 35.0 Å². The Kier molecular flexibility index (Phi) is 5.48. The summed E-state index contributed by atoms with van der Waals surface area (Å²) in [5.74, 6) is 0.638. The Hall–Kier alpha value is -2.73. The highest BCUT2D eigenvalue weighted by Crippen LogP contribution is 2.60. The molecule has 0 spiro atoms. The van der Waals surface area contributed by atoms with Gasteiger partial charge in [0.2, 0.25) is 11.8 Å². The first-order valence-electron chi connectivity index (χ1n) is 12.5. The van der Waals surface area contributed by atoms with Crippen molar-refractivity contribution in [3.8, 4) is 0 Å². The molecule has 5 aliphatic rings. The summed E-state index contributed by atoms with van der Waals surface area (Å²) in [6.07, 6.45) is 6.16. The first-order valence-corrected chi connectivity index (χ1v) is 12.9. The van der Waals surface area contributed by atoms with Crippen molar-refractivity contribution in [3.05, 3.63) is 64.9 Å². The molecule has 2 aromatic rings. The van der Waals surface area contributed by atoms with Gasteiger partial charge in [-0.15, -0.1) is 0 Å². The van der Waals surface area contributed by atoms with E-state index in [9.17, 15) is 18.8 Å². The molecular weight excluding hydrogens is 467 g/mol. The molecule has 0 radical (unpaired) electrons. The fourth-order valence-corrected chi connectivity index (χ4v) is 7.63. The zero-order chi connectivity index (χ0) is 24.3. The Morgan fingerprint density at radius 2 is 1.51 bits per heavy atom. The van der Waals surface area contributed by atoms with E-state index >= 15 is 0 Å². The number of hydrogen-bond donors (Lipinski definition) is 0. The highest BCUT2D eigenvalue weighted by molar-refractivity contribution is 6.30. The van der Waals surface area contributed by atoms with Gasteiger partial charge in [0.05, 0.1) is 17.5 Å². The normalized spacial score (nSPS) is 31.3. The number of halogens is 2. The molecule has 2 aromatic carbocycles. The lowest BCUT2D eigenvalue weighted by Crippen LogP contribution is -2.57. The molecule has 0 aromatic heterocycles. The van der Waals surface area contributed by atoms with E-state index in [1.165, 1.54) is 36.3 Å². The van der Waals surface area contributed by atoms with Crippen LogP contribution < -0.4 is 4.90 Å². The summed E-state index contributed by atoms with van der Waals surface area (Å²) >= 11 is 6.00. The van der Waals surface area contributed by atoms with Crippen LogP contribution >= 0.6 is 11.6 Å². The maximum atomic E-state index is 14.3. The van der Waals surface area contributed by atoms with Crippen LogP contribution in [-0.4, -0.2) is 28.7 Å². The van der Waals surface area contributed by atoms with Gasteiger partial charge in [-0.05, 0) is 98.2 Å². The minimum Gasteiger partial charge on any atom is -0.325 e. The van der Waals surface area contributed by atoms with Gasteiger partial charge >= 0.3 is 0 Å². The van der Waals surface area contributed by atoms with Crippen LogP contribution in [0.3, 0.4) is 0 Å². The Morgan fingerprint density at radius 1 is 0.943 bits per heavy atom. The SMILES string of the molecule is O=C1CC(N(Cc2ccc(F)cc2)C(=O)C23CC4CC(CC(C4)C2)C3)C(=O)N1c1ccc(Cl)cc1. The van der Waals surface area contributed by atoms with Crippen LogP contribution in [0.4, 0.5) is 10.1 Å². The molecule has 5 nitrogen and oxygen atoms in total. The number of carbonyl (C=O) groups excluding carboxylic acids is 3. The molecule has 35 heavy (non-hydrogen) atoms. The van der Waals surface area contributed by atoms with Crippen molar-refractivity contribution in [2.24, 2.45) is 23.2 Å². The number of anilines is 1. The molecule has 1 aliphatic heterocycles. The summed E-state index contributed by atoms with van der Waals surface area (Å²) in [6, 6.07) is 11.7. The average Bonchev–Trinajstić information content (AvgIpc) is 3.11. The van der Waals surface area contributed by atoms with E-state index in [0.29, 0.717) is 28.5 Å². The third-order valence-electron chi connectivity index (χ3n) is 8.60. The molecule has 1 unspecified atom stereocenters. The topological polar surface area (TPSA) is 57.7 Å². The van der Waals surface area contributed by atoms with E-state index in [1.54, 1.807) is 41.3 Å². The Labute approximate surface area is 209 Å². The summed E-state index contributed by atoms with van der Waals surface area (Å²) in [5.41, 5.74) is 0.747. The maximum absolute atomic E-state index is 14.3. The van der Waals surface area contributed by atoms with Crippen molar-refractivity contribution in [2.45, 2.75) is 57.5 Å². The number of hydrogen-bond acceptors (Lipinski definition) is 3. The second-order valence-electron chi connectivity index (χ2n) is 11.0. The molecule has 4 aliphatic carbocycles. The largest absolute Gasteiger partial charge is 0.325 e. The maximum Gasteiger partial charge on any atom is 0.257 e. The minimum absolute atomic E-state index is 0.00923. The van der Waals surface area contributed by atoms with Gasteiger partial charge in [0.15, 0.2) is 0 Å². The van der Waals surface area contributed by atoms with Gasteiger partial charge in [-0.1, -0.05) is 23.7 Å². The highest BCUT2D eigenvalue weighted by atomic mass is 35.5. The van der Waals surface area contributed by atoms with E-state index in [-0.39, 0.29) is 30.6 Å². The molecular formula is C28H28ClFN2O3. The lowest BCUT2D eigenvalue weighted by molar-refractivity contribution is -0.162. The number of carbonyl (C=O) groups is 3. The summed E-state index contributed by atoms with van der Waals surface area (Å²) in [6.45, 7) is 0.180. The smallest absolute Gasteiger partial charge is 0.257 e. The van der Waals surface area contributed by atoms with Gasteiger partial charge in [0.1, 0.15) is 11.9 Å². The summed E-state index contributed by atoms with van der Waals surface area (Å²) in [7, 11) is 0. The lowest BCUT2D eigenvalue weighted by Gasteiger charge is -2.57. The number of benzene rings is 2. The van der Waals surface area contributed by atoms with Crippen LogP contribution in [0.2, 0.25) is 5.02 Å². The zero-order valence-electron chi connectivity index (χ0n) is 19.5. The molecule has 1 atom stereocenters. The van der Waals surface area contributed by atoms with Gasteiger partial charge in [-0.2, -0.15) is 0 Å². The summed E-state index contributed by atoms with van der Waals surface area (Å²) in [5, 5.41) is 0.513. The van der Waals surface area contributed by atoms with Gasteiger partial charge < -0.3 is 4.90 Å². The minimum atomic E-state index is -0.872. The van der Waals surface area contributed by atoms with Crippen molar-refractivity contribution < 1.29 is 18.8 Å². The van der Waals surface area contributed by atoms with E-state index in [4.69, 9.17) is 11.6 Å². The molecule has 1 heterocycles. The average molecular weight is 495 g/mol. The van der Waals surface area contributed by atoms with Crippen molar-refractivity contribution in [1.82, 2.24) is 4.90 Å². The molecule has 182 valence electrons. The predicted molar refractivity (Wildman–Crippen MR) is 130 cm³/mol. The van der Waals surface area contributed by atoms with E-state index in [1.807, 2.05) is 0 Å². The van der Waals surface area contributed by atoms with Gasteiger partial charge in [-0.3, -0.25) is 14.4 Å². The first-order chi connectivity index (χ1) is 16.8. The molecule has 7 heteroatoms. The number of amides is 3. The van der Waals surface area contributed by atoms with E-state index in [2.05, 4.69) is 0 Å². The Bertz CT molecular complexity index is 1140. The third-order valence-corrected chi connectivity index (χ3v) is 8.85. The quantitative estimate of drug-likeness (QED) is 0.526. The standard InChI is InChI=1S/C28H28ClFN2O3/c29-21-3-7-23(8-4-21)32-25(33)12-24(26(32)34)31(16-17-1-5-22(30)6-2-17)27(35)28-13-18-9-19(14-28)11-20(10-18)15-28/h1-8,18-20,24H,9-16H2.